The van der Waals surface area contributed by atoms with Crippen LogP contribution in [0, 0.1) is 6.92 Å². The van der Waals surface area contributed by atoms with Crippen LogP contribution in [-0.2, 0) is 0 Å². The molecule has 20 heavy (non-hydrogen) atoms. The van der Waals surface area contributed by atoms with Crippen LogP contribution in [0.4, 0.5) is 5.95 Å². The molecule has 0 aromatic carbocycles. The van der Waals surface area contributed by atoms with E-state index >= 15 is 0 Å². The summed E-state index contributed by atoms with van der Waals surface area (Å²) in [6.45, 7) is 1.71. The zero-order chi connectivity index (χ0) is 13.9. The molecule has 0 aliphatic carbocycles. The van der Waals surface area contributed by atoms with Crippen molar-refractivity contribution in [2.75, 3.05) is 12.4 Å². The molecule has 10 nitrogen and oxygen atoms in total. The molecular weight excluding hydrogens is 282 g/mol. The first kappa shape index (κ1) is 12.5. The van der Waals surface area contributed by atoms with Gasteiger partial charge in [0.15, 0.2) is 0 Å². The monoisotopic (exact) mass is 291 g/mol. The van der Waals surface area contributed by atoms with Crippen molar-refractivity contribution >= 4 is 17.7 Å². The lowest BCUT2D eigenvalue weighted by Gasteiger charge is -2.04. The van der Waals surface area contributed by atoms with Gasteiger partial charge in [0, 0.05) is 25.7 Å². The fraction of sp³-hybridized carbons (Fsp3) is 0.222. The van der Waals surface area contributed by atoms with Gasteiger partial charge in [-0.1, -0.05) is 0 Å². The summed E-state index contributed by atoms with van der Waals surface area (Å²) in [7, 11) is 1.71. The molecular formula is C9H9N9OS. The number of nitrogens with zero attached hydrogens (tertiary/aromatic N) is 8. The SMILES string of the molecule is CNc1nc(Sc2nnc(C)o2)nc(-n2cncn2)n1. The highest BCUT2D eigenvalue weighted by Crippen LogP contribution is 2.24. The molecule has 1 N–H and O–H groups in total. The van der Waals surface area contributed by atoms with Crippen molar-refractivity contribution in [3.8, 4) is 5.95 Å². The topological polar surface area (TPSA) is 120 Å². The van der Waals surface area contributed by atoms with E-state index in [2.05, 4.69) is 40.5 Å². The molecule has 0 aliphatic heterocycles. The maximum atomic E-state index is 5.28. The highest BCUT2D eigenvalue weighted by Gasteiger charge is 2.12. The number of anilines is 1. The van der Waals surface area contributed by atoms with Crippen LogP contribution >= 0.6 is 11.8 Å². The predicted octanol–water partition coefficient (Wildman–Crippen LogP) is 0.337. The summed E-state index contributed by atoms with van der Waals surface area (Å²) in [5.74, 6) is 1.23. The highest BCUT2D eigenvalue weighted by atomic mass is 32.2. The summed E-state index contributed by atoms with van der Waals surface area (Å²) in [6, 6.07) is 0. The van der Waals surface area contributed by atoms with Crippen molar-refractivity contribution in [2.24, 2.45) is 0 Å². The van der Waals surface area contributed by atoms with Crippen LogP contribution in [0.1, 0.15) is 5.89 Å². The summed E-state index contributed by atoms with van der Waals surface area (Å²) in [5.41, 5.74) is 0. The first-order valence-electron chi connectivity index (χ1n) is 5.51. The lowest BCUT2D eigenvalue weighted by atomic mass is 10.8. The third-order valence-corrected chi connectivity index (χ3v) is 2.84. The Hall–Kier alpha value is -2.56. The van der Waals surface area contributed by atoms with Crippen LogP contribution in [0.2, 0.25) is 0 Å². The van der Waals surface area contributed by atoms with E-state index in [1.165, 1.54) is 17.3 Å². The molecule has 0 atom stereocenters. The Kier molecular flexibility index (Phi) is 3.25. The van der Waals surface area contributed by atoms with Crippen LogP contribution in [0.3, 0.4) is 0 Å². The average molecular weight is 291 g/mol. The van der Waals surface area contributed by atoms with Crippen molar-refractivity contribution in [3.05, 3.63) is 18.5 Å². The van der Waals surface area contributed by atoms with Gasteiger partial charge in [0.2, 0.25) is 17.0 Å². The van der Waals surface area contributed by atoms with E-state index in [1.807, 2.05) is 0 Å². The largest absolute Gasteiger partial charge is 0.416 e. The Morgan fingerprint density at radius 3 is 2.80 bits per heavy atom. The quantitative estimate of drug-likeness (QED) is 0.720. The van der Waals surface area contributed by atoms with Gasteiger partial charge in [0.05, 0.1) is 0 Å². The predicted molar refractivity (Wildman–Crippen MR) is 67.4 cm³/mol. The highest BCUT2D eigenvalue weighted by molar-refractivity contribution is 7.98. The smallest absolute Gasteiger partial charge is 0.284 e. The summed E-state index contributed by atoms with van der Waals surface area (Å²) >= 11 is 1.15. The molecule has 0 bridgehead atoms. The normalized spacial score (nSPS) is 10.7. The molecule has 3 heterocycles. The standard InChI is InChI=1S/C9H9N9OS/c1-5-16-17-9(19-5)20-8-14-6(10-2)13-7(15-8)18-4-11-3-12-18/h3-4H,1-2H3,(H,10,13,14,15). The van der Waals surface area contributed by atoms with E-state index in [9.17, 15) is 0 Å². The van der Waals surface area contributed by atoms with Crippen molar-refractivity contribution < 1.29 is 4.42 Å². The Balaban J connectivity index is 1.96. The molecule has 0 saturated heterocycles. The van der Waals surface area contributed by atoms with E-state index in [0.717, 1.165) is 11.8 Å². The summed E-state index contributed by atoms with van der Waals surface area (Å²) < 4.78 is 6.71. The summed E-state index contributed by atoms with van der Waals surface area (Å²) in [5, 5.41) is 15.2. The fourth-order valence-corrected chi connectivity index (χ4v) is 1.97. The van der Waals surface area contributed by atoms with E-state index in [4.69, 9.17) is 4.42 Å². The Bertz CT molecular complexity index is 710. The van der Waals surface area contributed by atoms with Gasteiger partial charge in [-0.15, -0.1) is 10.2 Å². The van der Waals surface area contributed by atoms with E-state index < -0.39 is 0 Å². The van der Waals surface area contributed by atoms with Crippen LogP contribution in [0.5, 0.6) is 0 Å². The number of nitrogens with one attached hydrogen (secondary N) is 1. The Morgan fingerprint density at radius 1 is 1.25 bits per heavy atom. The first-order chi connectivity index (χ1) is 9.74. The zero-order valence-electron chi connectivity index (χ0n) is 10.5. The van der Waals surface area contributed by atoms with Gasteiger partial charge in [-0.3, -0.25) is 0 Å². The summed E-state index contributed by atoms with van der Waals surface area (Å²) in [4.78, 5) is 16.5. The molecule has 11 heteroatoms. The molecule has 0 aliphatic rings. The Labute approximate surface area is 117 Å². The minimum absolute atomic E-state index is 0.348. The van der Waals surface area contributed by atoms with E-state index in [0.29, 0.717) is 28.2 Å². The lowest BCUT2D eigenvalue weighted by molar-refractivity contribution is 0.429. The molecule has 0 spiro atoms. The molecule has 3 rings (SSSR count). The number of rotatable bonds is 4. The van der Waals surface area contributed by atoms with Gasteiger partial charge in [-0.2, -0.15) is 24.7 Å². The fourth-order valence-electron chi connectivity index (χ4n) is 1.32. The van der Waals surface area contributed by atoms with Gasteiger partial charge in [0.25, 0.3) is 11.2 Å². The number of aryl methyl sites for hydroxylation is 1. The summed E-state index contributed by atoms with van der Waals surface area (Å²) in [6.07, 6.45) is 2.90. The zero-order valence-corrected chi connectivity index (χ0v) is 11.4. The van der Waals surface area contributed by atoms with Crippen molar-refractivity contribution in [2.45, 2.75) is 17.3 Å². The molecule has 3 aromatic rings. The van der Waals surface area contributed by atoms with Crippen LogP contribution in [0.25, 0.3) is 5.95 Å². The van der Waals surface area contributed by atoms with Crippen molar-refractivity contribution in [1.29, 1.82) is 0 Å². The third kappa shape index (κ3) is 2.56. The average Bonchev–Trinajstić information content (AvgIpc) is 3.10. The number of aromatic nitrogens is 8. The van der Waals surface area contributed by atoms with Crippen LogP contribution in [-0.4, -0.2) is 47.0 Å². The lowest BCUT2D eigenvalue weighted by Crippen LogP contribution is -2.07. The minimum Gasteiger partial charge on any atom is -0.416 e. The van der Waals surface area contributed by atoms with Crippen LogP contribution < -0.4 is 5.32 Å². The van der Waals surface area contributed by atoms with Gasteiger partial charge in [-0.25, -0.2) is 4.98 Å². The number of hydrogen-bond acceptors (Lipinski definition) is 10. The van der Waals surface area contributed by atoms with Gasteiger partial charge < -0.3 is 9.73 Å². The van der Waals surface area contributed by atoms with Gasteiger partial charge in [-0.05, 0) is 0 Å². The Morgan fingerprint density at radius 2 is 2.15 bits per heavy atom. The van der Waals surface area contributed by atoms with Crippen LogP contribution in [0.15, 0.2) is 27.5 Å². The minimum atomic E-state index is 0.348. The van der Waals surface area contributed by atoms with E-state index in [1.54, 1.807) is 14.0 Å². The van der Waals surface area contributed by atoms with Gasteiger partial charge >= 0.3 is 0 Å². The molecule has 0 amide bonds. The third-order valence-electron chi connectivity index (χ3n) is 2.14. The second-order valence-electron chi connectivity index (χ2n) is 3.52. The van der Waals surface area contributed by atoms with Gasteiger partial charge in [0.1, 0.15) is 12.7 Å². The second kappa shape index (κ2) is 5.21. The van der Waals surface area contributed by atoms with Crippen molar-refractivity contribution in [3.63, 3.8) is 0 Å². The first-order valence-corrected chi connectivity index (χ1v) is 6.33. The van der Waals surface area contributed by atoms with Crippen molar-refractivity contribution in [1.82, 2.24) is 39.9 Å². The van der Waals surface area contributed by atoms with E-state index in [-0.39, 0.29) is 0 Å². The maximum absolute atomic E-state index is 5.28. The molecule has 0 unspecified atom stereocenters. The number of hydrogen-bond donors (Lipinski definition) is 1. The second-order valence-corrected chi connectivity index (χ2v) is 4.44. The molecule has 0 radical (unpaired) electrons. The molecule has 3 aromatic heterocycles. The maximum Gasteiger partial charge on any atom is 0.284 e. The molecule has 0 fully saturated rings. The molecule has 0 saturated carbocycles. The molecule has 102 valence electrons.